The molecule has 0 unspecified atom stereocenters. The van der Waals surface area contributed by atoms with Gasteiger partial charge in [0.05, 0.1) is 33.7 Å². The second-order valence-electron chi connectivity index (χ2n) is 20.6. The van der Waals surface area contributed by atoms with Gasteiger partial charge in [0, 0.05) is 5.41 Å². The van der Waals surface area contributed by atoms with Crippen molar-refractivity contribution in [3.63, 3.8) is 0 Å². The van der Waals surface area contributed by atoms with E-state index >= 15 is 0 Å². The first-order valence-corrected chi connectivity index (χ1v) is 28.7. The summed E-state index contributed by atoms with van der Waals surface area (Å²) >= 11 is 0. The number of hydrogen-bond acceptors (Lipinski definition) is 10. The average Bonchev–Trinajstić information content (AvgIpc) is 4.35. The summed E-state index contributed by atoms with van der Waals surface area (Å²) < 4.78 is 25.2. The number of aliphatic hydroxyl groups excluding tert-OH is 1. The predicted molar refractivity (Wildman–Crippen MR) is 332 cm³/mol. The van der Waals surface area contributed by atoms with Crippen molar-refractivity contribution in [1.29, 1.82) is 0 Å². The van der Waals surface area contributed by atoms with Gasteiger partial charge in [-0.3, -0.25) is 0 Å². The van der Waals surface area contributed by atoms with Crippen LogP contribution in [0.25, 0.3) is 62.3 Å². The third-order valence-corrected chi connectivity index (χ3v) is 14.8. The summed E-state index contributed by atoms with van der Waals surface area (Å²) in [6.45, 7) is 14.8. The maximum absolute atomic E-state index is 12.4. The van der Waals surface area contributed by atoms with E-state index in [0.717, 1.165) is 65.7 Å². The number of hydrogen-bond donors (Lipinski definition) is 2. The number of fused-ring (bicyclic) bond motifs is 3. The van der Waals surface area contributed by atoms with Gasteiger partial charge < -0.3 is 28.2 Å². The van der Waals surface area contributed by atoms with Crippen molar-refractivity contribution in [3.05, 3.63) is 233 Å². The molecule has 2 N–H and O–H groups in total. The number of aliphatic imine (C=N–C) groups is 1. The van der Waals surface area contributed by atoms with E-state index < -0.39 is 0 Å². The van der Waals surface area contributed by atoms with E-state index in [1.807, 2.05) is 136 Å². The van der Waals surface area contributed by atoms with Crippen LogP contribution in [0.4, 0.5) is 0 Å². The maximum atomic E-state index is 12.4. The molecule has 10 nitrogen and oxygen atoms in total. The number of nitrogens with zero attached hydrogens (tertiary/aromatic N) is 4. The van der Waals surface area contributed by atoms with Crippen molar-refractivity contribution in [2.75, 3.05) is 6.61 Å². The number of aryl methyl sites for hydroxylation is 1. The lowest BCUT2D eigenvalue weighted by Gasteiger charge is -2.25. The van der Waals surface area contributed by atoms with Crippen LogP contribution >= 0.6 is 0 Å². The minimum atomic E-state index is -0.131. The van der Waals surface area contributed by atoms with Crippen molar-refractivity contribution < 1.29 is 28.2 Å². The fourth-order valence-corrected chi connectivity index (χ4v) is 10.4. The molecule has 9 rings (SSSR count). The van der Waals surface area contributed by atoms with Crippen LogP contribution in [0, 0.1) is 5.41 Å². The van der Waals surface area contributed by atoms with Crippen LogP contribution < -0.4 is 0 Å². The standard InChI is InChI=1S/C71H74N4O6/c1-7-12-14-26-42-71(43-27-15-13-8-2)47-52(38-36-50(9-3)37-41-56(67-72-49(6)29-19-18-28-44-78-67)65(76)55(11-5)68-73-59-30-20-16-17-21-33-62(59)79-68)53(48-71)40-39-51(10-4)54-45-57(69-74-60-31-22-24-34-63(60)80-69)66(77)58(46-54)70-75-61-32-23-25-35-64(61)81-70/h9-11,16-19,21-25,28-29,31-41,45-48,76-77H,6-8,12-15,20,26-27,30,42-44H2,1-5H3/b17-16-,28-18-,29-19-,33-21-,38-36-,40-39-,41-37+,50-9+,51-10+,55-11+,65-56-,72-67?. The van der Waals surface area contributed by atoms with Crippen molar-refractivity contribution >= 4 is 45.3 Å². The molecule has 0 saturated carbocycles. The molecular formula is C71H74N4O6. The molecule has 2 aliphatic carbocycles. The van der Waals surface area contributed by atoms with Gasteiger partial charge in [-0.2, -0.15) is 0 Å². The number of para-hydroxylation sites is 4. The molecule has 0 atom stereocenters. The largest absolute Gasteiger partial charge is 0.506 e. The smallest absolute Gasteiger partial charge is 0.231 e. The molecule has 1 aliphatic heterocycles. The molecule has 0 bridgehead atoms. The van der Waals surface area contributed by atoms with Crippen LogP contribution in [0.15, 0.2) is 229 Å². The monoisotopic (exact) mass is 1080 g/mol. The van der Waals surface area contributed by atoms with E-state index in [0.29, 0.717) is 80.0 Å². The van der Waals surface area contributed by atoms with Crippen LogP contribution in [-0.4, -0.2) is 37.7 Å². The first-order chi connectivity index (χ1) is 39.6. The number of aromatic nitrogens is 3. The fourth-order valence-electron chi connectivity index (χ4n) is 10.4. The van der Waals surface area contributed by atoms with Gasteiger partial charge in [0.1, 0.15) is 29.1 Å². The third kappa shape index (κ3) is 14.0. The number of aliphatic hydroxyl groups is 1. The fraction of sp³-hybridized carbons (Fsp3) is 0.268. The number of benzene rings is 3. The van der Waals surface area contributed by atoms with Gasteiger partial charge in [0.2, 0.25) is 23.6 Å². The van der Waals surface area contributed by atoms with Gasteiger partial charge in [-0.25, -0.2) is 19.9 Å². The number of phenols is 1. The predicted octanol–water partition coefficient (Wildman–Crippen LogP) is 19.3. The molecule has 3 aromatic heterocycles. The number of allylic oxidation sites excluding steroid dienone is 21. The molecule has 0 spiro atoms. The molecule has 81 heavy (non-hydrogen) atoms. The first-order valence-electron chi connectivity index (χ1n) is 28.7. The molecule has 3 aliphatic rings. The minimum absolute atomic E-state index is 0.0374. The van der Waals surface area contributed by atoms with Crippen LogP contribution in [0.1, 0.15) is 128 Å². The molecule has 0 radical (unpaired) electrons. The second-order valence-corrected chi connectivity index (χ2v) is 20.6. The van der Waals surface area contributed by atoms with Crippen molar-refractivity contribution in [1.82, 2.24) is 15.0 Å². The Balaban J connectivity index is 1.10. The normalized spacial score (nSPS) is 18.0. The zero-order valence-electron chi connectivity index (χ0n) is 47.5. The molecule has 0 saturated heterocycles. The third-order valence-electron chi connectivity index (χ3n) is 14.8. The molecular weight excluding hydrogens is 1000 g/mol. The summed E-state index contributed by atoms with van der Waals surface area (Å²) in [5.74, 6) is 1.62. The van der Waals surface area contributed by atoms with Gasteiger partial charge in [0.15, 0.2) is 16.9 Å². The Morgan fingerprint density at radius 3 is 1.93 bits per heavy atom. The van der Waals surface area contributed by atoms with Crippen LogP contribution in [-0.2, 0) is 11.2 Å². The van der Waals surface area contributed by atoms with Gasteiger partial charge >= 0.3 is 0 Å². The van der Waals surface area contributed by atoms with Crippen LogP contribution in [0.5, 0.6) is 5.75 Å². The summed E-state index contributed by atoms with van der Waals surface area (Å²) in [6, 6.07) is 19.0. The SMILES string of the molecule is C=C1/C=C\C=C/COC(C(/C=C/C(/C=C\C2=CC(CCCCCC)(CCCCCC)C=C2/C=C\C(=C/C)c2cc(-c3nc4ccccc4o3)c(O)c(-c3nc4ccccc4o3)c2)=C/C)=C(O)/C(=C\C)c2nc3c(o2)/C=C\C=C/CC3)=N1. The summed E-state index contributed by atoms with van der Waals surface area (Å²) in [5, 5.41) is 24.5. The van der Waals surface area contributed by atoms with Crippen LogP contribution in [0.3, 0.4) is 0 Å². The van der Waals surface area contributed by atoms with E-state index in [1.54, 1.807) is 12.2 Å². The van der Waals surface area contributed by atoms with Crippen molar-refractivity contribution in [2.24, 2.45) is 10.4 Å². The zero-order valence-corrected chi connectivity index (χ0v) is 47.5. The van der Waals surface area contributed by atoms with E-state index in [1.165, 1.54) is 38.5 Å². The molecule has 4 heterocycles. The Kier molecular flexibility index (Phi) is 19.3. The summed E-state index contributed by atoms with van der Waals surface area (Å²) in [7, 11) is 0. The average molecular weight is 1080 g/mol. The summed E-state index contributed by atoms with van der Waals surface area (Å²) in [4.78, 5) is 19.3. The van der Waals surface area contributed by atoms with Crippen molar-refractivity contribution in [2.45, 2.75) is 112 Å². The molecule has 0 fully saturated rings. The van der Waals surface area contributed by atoms with Gasteiger partial charge in [-0.05, 0) is 135 Å². The van der Waals surface area contributed by atoms with E-state index in [4.69, 9.17) is 37.9 Å². The zero-order chi connectivity index (χ0) is 56.6. The Bertz CT molecular complexity index is 3540. The van der Waals surface area contributed by atoms with Gasteiger partial charge in [0.25, 0.3) is 0 Å². The Morgan fingerprint density at radius 1 is 0.679 bits per heavy atom. The number of aromatic hydroxyl groups is 1. The van der Waals surface area contributed by atoms with Gasteiger partial charge in [-0.1, -0.05) is 187 Å². The number of oxazole rings is 3. The number of rotatable bonds is 22. The number of ether oxygens (including phenoxy) is 1. The molecule has 0 amide bonds. The molecule has 10 heteroatoms. The Morgan fingerprint density at radius 2 is 1.31 bits per heavy atom. The van der Waals surface area contributed by atoms with Crippen molar-refractivity contribution in [3.8, 4) is 28.7 Å². The molecule has 6 aromatic rings. The van der Waals surface area contributed by atoms with Gasteiger partial charge in [-0.15, -0.1) is 0 Å². The highest BCUT2D eigenvalue weighted by atomic mass is 16.5. The number of phenolic OH excluding ortho intramolecular Hbond substituents is 1. The lowest BCUT2D eigenvalue weighted by molar-refractivity contribution is 0.347. The first kappa shape index (κ1) is 56.9. The summed E-state index contributed by atoms with van der Waals surface area (Å²) in [5.41, 5.74) is 10.2. The molecule has 3 aromatic carbocycles. The maximum Gasteiger partial charge on any atom is 0.231 e. The number of unbranched alkanes of at least 4 members (excludes halogenated alkanes) is 6. The highest BCUT2D eigenvalue weighted by molar-refractivity contribution is 6.01. The highest BCUT2D eigenvalue weighted by Gasteiger charge is 2.31. The van der Waals surface area contributed by atoms with Crippen LogP contribution in [0.2, 0.25) is 0 Å². The topological polar surface area (TPSA) is 140 Å². The Labute approximate surface area is 476 Å². The van der Waals surface area contributed by atoms with E-state index in [-0.39, 0.29) is 29.4 Å². The molecule has 414 valence electrons. The second kappa shape index (κ2) is 27.4. The minimum Gasteiger partial charge on any atom is -0.506 e. The van der Waals surface area contributed by atoms with E-state index in [2.05, 4.69) is 69.0 Å². The highest BCUT2D eigenvalue weighted by Crippen LogP contribution is 2.46. The lowest BCUT2D eigenvalue weighted by atomic mass is 9.79. The van der Waals surface area contributed by atoms with E-state index in [9.17, 15) is 10.2 Å². The quantitative estimate of drug-likeness (QED) is 0.0386. The Hall–Kier alpha value is -8.76. The summed E-state index contributed by atoms with van der Waals surface area (Å²) in [6.07, 6.45) is 51.9. The lowest BCUT2D eigenvalue weighted by Crippen LogP contribution is -2.13.